The van der Waals surface area contributed by atoms with Crippen LogP contribution in [-0.2, 0) is 0 Å². The molecule has 0 bridgehead atoms. The first-order chi connectivity index (χ1) is 4.43. The Morgan fingerprint density at radius 3 is 2.89 bits per heavy atom. The summed E-state index contributed by atoms with van der Waals surface area (Å²) in [5.74, 6) is 0.278. The minimum atomic E-state index is 0.278. The van der Waals surface area contributed by atoms with Gasteiger partial charge in [-0.1, -0.05) is 10.5 Å². The maximum atomic E-state index is 11.1. The summed E-state index contributed by atoms with van der Waals surface area (Å²) in [5, 5.41) is 5.12. The molecule has 0 aliphatic carbocycles. The van der Waals surface area contributed by atoms with Gasteiger partial charge in [0.05, 0.1) is 0 Å². The Balaban J connectivity index is 2.85. The fourth-order valence-electron chi connectivity index (χ4n) is 0.452. The highest BCUT2D eigenvalue weighted by molar-refractivity contribution is 5.23. The van der Waals surface area contributed by atoms with E-state index in [1.54, 1.807) is 18.2 Å². The molecule has 1 heterocycles. The minimum Gasteiger partial charge on any atom is -0.236 e. The van der Waals surface area contributed by atoms with Gasteiger partial charge in [0, 0.05) is 11.5 Å². The van der Waals surface area contributed by atoms with Gasteiger partial charge in [0.25, 0.3) is 0 Å². The van der Waals surface area contributed by atoms with E-state index in [0.717, 1.165) is 0 Å². The van der Waals surface area contributed by atoms with Crippen molar-refractivity contribution in [1.29, 1.82) is 0 Å². The van der Waals surface area contributed by atoms with Crippen molar-refractivity contribution in [3.63, 3.8) is 0 Å². The normalized spacial score (nSPS) is 10.3. The van der Waals surface area contributed by atoms with Gasteiger partial charge in [-0.05, 0) is 12.1 Å². The monoisotopic (exact) mass is 125 g/mol. The first kappa shape index (κ1) is 5.81. The summed E-state index contributed by atoms with van der Waals surface area (Å²) in [7, 11) is 0. The third-order valence-electron chi connectivity index (χ3n) is 0.790. The molecule has 0 fully saturated rings. The van der Waals surface area contributed by atoms with Crippen LogP contribution in [0.15, 0.2) is 34.8 Å². The molecule has 0 spiro atoms. The van der Waals surface area contributed by atoms with E-state index in [0.29, 0.717) is 0 Å². The molecule has 3 nitrogen and oxygen atoms in total. The summed E-state index contributed by atoms with van der Waals surface area (Å²) < 4.78 is 11.1. The Kier molecular flexibility index (Phi) is 1.85. The number of nitrogens with zero attached hydrogens (tertiary/aromatic N) is 3. The molecule has 0 aliphatic heterocycles. The highest BCUT2D eigenvalue weighted by atomic mass is 19.2. The fourth-order valence-corrected chi connectivity index (χ4v) is 0.452. The highest BCUT2D eigenvalue weighted by Gasteiger charge is 1.83. The Morgan fingerprint density at radius 2 is 2.33 bits per heavy atom. The second-order valence-electron chi connectivity index (χ2n) is 1.36. The summed E-state index contributed by atoms with van der Waals surface area (Å²) >= 11 is 0. The van der Waals surface area contributed by atoms with Crippen molar-refractivity contribution in [2.75, 3.05) is 0 Å². The molecule has 1 rings (SSSR count). The van der Waals surface area contributed by atoms with E-state index in [-0.39, 0.29) is 5.82 Å². The molecule has 0 radical (unpaired) electrons. The van der Waals surface area contributed by atoms with Crippen LogP contribution in [-0.4, -0.2) is 4.98 Å². The van der Waals surface area contributed by atoms with Gasteiger partial charge < -0.3 is 0 Å². The Hall–Kier alpha value is -1.32. The van der Waals surface area contributed by atoms with E-state index in [4.69, 9.17) is 0 Å². The molecule has 0 N–H and O–H groups in total. The summed E-state index contributed by atoms with van der Waals surface area (Å²) in [4.78, 5) is 3.67. The van der Waals surface area contributed by atoms with E-state index in [1.165, 1.54) is 6.20 Å². The third kappa shape index (κ3) is 1.56. The van der Waals surface area contributed by atoms with E-state index in [2.05, 4.69) is 15.4 Å². The molecule has 0 aliphatic rings. The van der Waals surface area contributed by atoms with Crippen molar-refractivity contribution in [2.24, 2.45) is 10.5 Å². The van der Waals surface area contributed by atoms with Crippen molar-refractivity contribution >= 4 is 5.82 Å². The lowest BCUT2D eigenvalue weighted by atomic mass is 10.5. The maximum Gasteiger partial charge on any atom is 0.176 e. The molecule has 0 saturated heterocycles. The Labute approximate surface area is 51.2 Å². The fraction of sp³-hybridized carbons (Fsp3) is 0. The van der Waals surface area contributed by atoms with Gasteiger partial charge >= 0.3 is 0 Å². The molecule has 4 heteroatoms. The van der Waals surface area contributed by atoms with Crippen LogP contribution in [0.25, 0.3) is 0 Å². The predicted molar refractivity (Wildman–Crippen MR) is 29.9 cm³/mol. The number of aromatic nitrogens is 1. The van der Waals surface area contributed by atoms with Crippen molar-refractivity contribution in [2.45, 2.75) is 0 Å². The van der Waals surface area contributed by atoms with Crippen LogP contribution in [0.5, 0.6) is 0 Å². The van der Waals surface area contributed by atoms with Crippen LogP contribution in [0.1, 0.15) is 0 Å². The van der Waals surface area contributed by atoms with E-state index >= 15 is 0 Å². The number of rotatable bonds is 1. The second kappa shape index (κ2) is 2.86. The predicted octanol–water partition coefficient (Wildman–Crippen LogP) is 2.05. The zero-order valence-electron chi connectivity index (χ0n) is 4.53. The lowest BCUT2D eigenvalue weighted by Crippen LogP contribution is -1.66. The van der Waals surface area contributed by atoms with Crippen LogP contribution < -0.4 is 0 Å². The van der Waals surface area contributed by atoms with Gasteiger partial charge in [-0.2, -0.15) is 0 Å². The van der Waals surface area contributed by atoms with Crippen molar-refractivity contribution < 1.29 is 4.48 Å². The van der Waals surface area contributed by atoms with E-state index < -0.39 is 0 Å². The summed E-state index contributed by atoms with van der Waals surface area (Å²) in [6.45, 7) is 0. The molecule has 0 amide bonds. The molecular formula is C5H4FN3. The average molecular weight is 125 g/mol. The van der Waals surface area contributed by atoms with Crippen LogP contribution in [0.4, 0.5) is 10.3 Å². The SMILES string of the molecule is F/N=N/c1ccccn1. The molecule has 1 aromatic rings. The zero-order valence-corrected chi connectivity index (χ0v) is 4.53. The molecule has 0 saturated carbocycles. The minimum absolute atomic E-state index is 0.278. The average Bonchev–Trinajstić information content (AvgIpc) is 1.91. The van der Waals surface area contributed by atoms with Gasteiger partial charge in [0.2, 0.25) is 0 Å². The number of hydrogen-bond acceptors (Lipinski definition) is 3. The maximum absolute atomic E-state index is 11.1. The van der Waals surface area contributed by atoms with Gasteiger partial charge in [0.1, 0.15) is 0 Å². The molecular weight excluding hydrogens is 121 g/mol. The first-order valence-corrected chi connectivity index (χ1v) is 2.36. The highest BCUT2D eigenvalue weighted by Crippen LogP contribution is 2.04. The summed E-state index contributed by atoms with van der Waals surface area (Å²) in [6, 6.07) is 4.98. The van der Waals surface area contributed by atoms with E-state index in [1.807, 2.05) is 0 Å². The smallest absolute Gasteiger partial charge is 0.176 e. The summed E-state index contributed by atoms with van der Waals surface area (Å²) in [6.07, 6.45) is 1.52. The first-order valence-electron chi connectivity index (χ1n) is 2.36. The number of pyridine rings is 1. The molecule has 46 valence electrons. The van der Waals surface area contributed by atoms with Crippen molar-refractivity contribution in [3.8, 4) is 0 Å². The Morgan fingerprint density at radius 1 is 1.44 bits per heavy atom. The molecule has 1 aromatic heterocycles. The lowest BCUT2D eigenvalue weighted by molar-refractivity contribution is 0.492. The third-order valence-corrected chi connectivity index (χ3v) is 0.790. The molecule has 0 unspecified atom stereocenters. The van der Waals surface area contributed by atoms with Crippen LogP contribution in [0.2, 0.25) is 0 Å². The van der Waals surface area contributed by atoms with Gasteiger partial charge in [-0.15, -0.1) is 5.11 Å². The van der Waals surface area contributed by atoms with Crippen molar-refractivity contribution in [1.82, 2.24) is 4.98 Å². The van der Waals surface area contributed by atoms with Crippen LogP contribution in [0, 0.1) is 0 Å². The van der Waals surface area contributed by atoms with E-state index in [9.17, 15) is 4.48 Å². The van der Waals surface area contributed by atoms with Gasteiger partial charge in [0.15, 0.2) is 5.82 Å². The van der Waals surface area contributed by atoms with Crippen LogP contribution >= 0.6 is 0 Å². The number of halogens is 1. The van der Waals surface area contributed by atoms with Gasteiger partial charge in [-0.3, -0.25) is 0 Å². The van der Waals surface area contributed by atoms with Gasteiger partial charge in [-0.25, -0.2) is 4.98 Å². The largest absolute Gasteiger partial charge is 0.236 e. The van der Waals surface area contributed by atoms with Crippen molar-refractivity contribution in [3.05, 3.63) is 24.4 Å². The quantitative estimate of drug-likeness (QED) is 0.529. The molecule has 9 heavy (non-hydrogen) atoms. The second-order valence-corrected chi connectivity index (χ2v) is 1.36. The molecule has 0 atom stereocenters. The lowest BCUT2D eigenvalue weighted by Gasteiger charge is -1.82. The standard InChI is InChI=1S/C5H4FN3/c6-9-8-5-3-1-2-4-7-5/h1-4H/b9-8+. The zero-order chi connectivity index (χ0) is 6.53. The topological polar surface area (TPSA) is 37.6 Å². The number of hydrogen-bond donors (Lipinski definition) is 0. The Bertz CT molecular complexity index is 197. The summed E-state index contributed by atoms with van der Waals surface area (Å²) in [5.41, 5.74) is 0. The van der Waals surface area contributed by atoms with Crippen LogP contribution in [0.3, 0.4) is 0 Å². The molecule has 0 aromatic carbocycles.